The summed E-state index contributed by atoms with van der Waals surface area (Å²) in [4.78, 5) is 10.5. The summed E-state index contributed by atoms with van der Waals surface area (Å²) in [6.45, 7) is 7.48. The molecule has 2 rings (SSSR count). The molecule has 2 aromatic heterocycles. The van der Waals surface area contributed by atoms with Crippen molar-refractivity contribution in [2.75, 3.05) is 6.61 Å². The zero-order valence-corrected chi connectivity index (χ0v) is 16.9. The Hall–Kier alpha value is -2.33. The highest BCUT2D eigenvalue weighted by Crippen LogP contribution is 2.13. The summed E-state index contributed by atoms with van der Waals surface area (Å²) < 4.78 is 3.57. The minimum Gasteiger partial charge on any atom is -0.481 e. The highest BCUT2D eigenvalue weighted by Gasteiger charge is 2.17. The van der Waals surface area contributed by atoms with Crippen molar-refractivity contribution in [3.8, 4) is 0 Å². The van der Waals surface area contributed by atoms with Crippen molar-refractivity contribution in [3.63, 3.8) is 0 Å². The average Bonchev–Trinajstić information content (AvgIpc) is 3.26. The van der Waals surface area contributed by atoms with Gasteiger partial charge >= 0.3 is 5.97 Å². The third kappa shape index (κ3) is 7.35. The van der Waals surface area contributed by atoms with Crippen molar-refractivity contribution in [3.05, 3.63) is 23.8 Å². The highest BCUT2D eigenvalue weighted by atomic mass is 16.4. The Kier molecular flexibility index (Phi) is 8.06. The quantitative estimate of drug-likeness (QED) is 0.455. The van der Waals surface area contributed by atoms with Crippen molar-refractivity contribution in [1.82, 2.24) is 35.3 Å². The molecule has 0 spiro atoms. The first-order chi connectivity index (χ1) is 13.3. The molecule has 10 heteroatoms. The van der Waals surface area contributed by atoms with Gasteiger partial charge in [-0.1, -0.05) is 10.4 Å². The molecule has 0 amide bonds. The van der Waals surface area contributed by atoms with Crippen LogP contribution >= 0.6 is 0 Å². The summed E-state index contributed by atoms with van der Waals surface area (Å²) in [5.41, 5.74) is 1.57. The second-order valence-corrected chi connectivity index (χ2v) is 7.94. The summed E-state index contributed by atoms with van der Waals surface area (Å²) in [6.07, 6.45) is 6.62. The molecule has 0 aliphatic heterocycles. The number of hydrogen-bond acceptors (Lipinski definition) is 7. The Balaban J connectivity index is 1.82. The first-order valence-electron chi connectivity index (χ1n) is 9.64. The lowest BCUT2D eigenvalue weighted by molar-refractivity contribution is -0.137. The van der Waals surface area contributed by atoms with E-state index in [1.807, 2.05) is 17.1 Å². The molecule has 0 saturated carbocycles. The number of aromatic nitrogens is 6. The van der Waals surface area contributed by atoms with Crippen molar-refractivity contribution in [2.24, 2.45) is 0 Å². The number of nitrogens with zero attached hydrogens (tertiary/aromatic N) is 6. The summed E-state index contributed by atoms with van der Waals surface area (Å²) in [5.74, 6) is -0.777. The molecule has 0 bridgehead atoms. The van der Waals surface area contributed by atoms with Gasteiger partial charge in [0.15, 0.2) is 0 Å². The maximum Gasteiger partial charge on any atom is 0.303 e. The van der Waals surface area contributed by atoms with Crippen molar-refractivity contribution in [2.45, 2.75) is 77.5 Å². The molecule has 0 aromatic carbocycles. The van der Waals surface area contributed by atoms with Crippen LogP contribution in [0.25, 0.3) is 0 Å². The smallest absolute Gasteiger partial charge is 0.303 e. The Bertz CT molecular complexity index is 736. The van der Waals surface area contributed by atoms with Gasteiger partial charge in [-0.2, -0.15) is 0 Å². The van der Waals surface area contributed by atoms with Gasteiger partial charge in [0.25, 0.3) is 0 Å². The van der Waals surface area contributed by atoms with Gasteiger partial charge in [0, 0.05) is 51.0 Å². The summed E-state index contributed by atoms with van der Waals surface area (Å²) in [6, 6.07) is 0.0517. The third-order valence-electron chi connectivity index (χ3n) is 4.35. The van der Waals surface area contributed by atoms with E-state index >= 15 is 0 Å². The van der Waals surface area contributed by atoms with Crippen LogP contribution < -0.4 is 5.32 Å². The lowest BCUT2D eigenvalue weighted by atomic mass is 10.1. The van der Waals surface area contributed by atoms with Crippen molar-refractivity contribution in [1.29, 1.82) is 0 Å². The molecule has 156 valence electrons. The topological polar surface area (TPSA) is 131 Å². The molecule has 3 N–H and O–H groups in total. The summed E-state index contributed by atoms with van der Waals surface area (Å²) in [7, 11) is 0. The maximum atomic E-state index is 10.5. The van der Waals surface area contributed by atoms with Gasteiger partial charge in [-0.15, -0.1) is 10.2 Å². The molecule has 0 saturated heterocycles. The number of rotatable bonds is 12. The summed E-state index contributed by atoms with van der Waals surface area (Å²) >= 11 is 0. The van der Waals surface area contributed by atoms with Crippen molar-refractivity contribution >= 4 is 5.97 Å². The molecule has 28 heavy (non-hydrogen) atoms. The van der Waals surface area contributed by atoms with Crippen LogP contribution in [-0.4, -0.2) is 58.8 Å². The van der Waals surface area contributed by atoms with Crippen LogP contribution in [0.3, 0.4) is 0 Å². The van der Waals surface area contributed by atoms with Crippen LogP contribution in [0, 0.1) is 0 Å². The number of carboxylic acid groups (broad SMARTS) is 1. The summed E-state index contributed by atoms with van der Waals surface area (Å²) in [5, 5.41) is 38.0. The van der Waals surface area contributed by atoms with Crippen LogP contribution in [0.5, 0.6) is 0 Å². The molecule has 0 fully saturated rings. The number of unbranched alkanes of at least 4 members (excludes halogenated alkanes) is 1. The molecule has 0 aliphatic carbocycles. The molecular formula is C18H31N7O3. The molecular weight excluding hydrogens is 362 g/mol. The largest absolute Gasteiger partial charge is 0.481 e. The molecule has 2 heterocycles. The van der Waals surface area contributed by atoms with E-state index < -0.39 is 5.97 Å². The van der Waals surface area contributed by atoms with Gasteiger partial charge in [-0.05, 0) is 40.0 Å². The second kappa shape index (κ2) is 10.3. The fourth-order valence-corrected chi connectivity index (χ4v) is 2.73. The first-order valence-corrected chi connectivity index (χ1v) is 9.64. The molecule has 0 aliphatic rings. The SMILES string of the molecule is CC(C)(C)n1cc(CC(CCO)NCc2cn(CCCCC(=O)O)nn2)nn1. The number of aliphatic carboxylic acids is 1. The number of hydrogen-bond donors (Lipinski definition) is 3. The normalized spacial score (nSPS) is 13.0. The molecule has 2 aromatic rings. The van der Waals surface area contributed by atoms with Gasteiger partial charge in [0.1, 0.15) is 0 Å². The zero-order valence-electron chi connectivity index (χ0n) is 16.9. The van der Waals surface area contributed by atoms with Gasteiger partial charge in [0.2, 0.25) is 0 Å². The van der Waals surface area contributed by atoms with Crippen LogP contribution in [0.1, 0.15) is 57.8 Å². The van der Waals surface area contributed by atoms with Crippen LogP contribution in [0.15, 0.2) is 12.4 Å². The minimum atomic E-state index is -0.777. The number of nitrogens with one attached hydrogen (secondary N) is 1. The first kappa shape index (κ1) is 22.0. The van der Waals surface area contributed by atoms with Crippen LogP contribution in [-0.2, 0) is 29.8 Å². The van der Waals surface area contributed by atoms with Crippen molar-refractivity contribution < 1.29 is 15.0 Å². The van der Waals surface area contributed by atoms with E-state index in [-0.39, 0.29) is 24.6 Å². The second-order valence-electron chi connectivity index (χ2n) is 7.94. The third-order valence-corrected chi connectivity index (χ3v) is 4.35. The molecule has 0 radical (unpaired) electrons. The van der Waals surface area contributed by atoms with E-state index in [0.29, 0.717) is 32.4 Å². The van der Waals surface area contributed by atoms with E-state index in [2.05, 4.69) is 46.7 Å². The van der Waals surface area contributed by atoms with Gasteiger partial charge in [-0.3, -0.25) is 9.48 Å². The fourth-order valence-electron chi connectivity index (χ4n) is 2.73. The molecule has 1 unspecified atom stereocenters. The maximum absolute atomic E-state index is 10.5. The lowest BCUT2D eigenvalue weighted by Gasteiger charge is -2.18. The average molecular weight is 393 g/mol. The van der Waals surface area contributed by atoms with E-state index in [0.717, 1.165) is 17.8 Å². The monoisotopic (exact) mass is 393 g/mol. The molecule has 10 nitrogen and oxygen atoms in total. The lowest BCUT2D eigenvalue weighted by Crippen LogP contribution is -2.32. The predicted molar refractivity (Wildman–Crippen MR) is 103 cm³/mol. The predicted octanol–water partition coefficient (Wildman–Crippen LogP) is 0.963. The molecule has 1 atom stereocenters. The number of aliphatic hydroxyl groups is 1. The fraction of sp³-hybridized carbons (Fsp3) is 0.722. The number of aliphatic hydroxyl groups excluding tert-OH is 1. The van der Waals surface area contributed by atoms with E-state index in [9.17, 15) is 9.90 Å². The Labute approximate surface area is 164 Å². The minimum absolute atomic E-state index is 0.0517. The van der Waals surface area contributed by atoms with E-state index in [1.54, 1.807) is 4.68 Å². The van der Waals surface area contributed by atoms with Gasteiger partial charge < -0.3 is 15.5 Å². The van der Waals surface area contributed by atoms with E-state index in [1.165, 1.54) is 0 Å². The number of carbonyl (C=O) groups is 1. The Morgan fingerprint density at radius 2 is 1.93 bits per heavy atom. The standard InChI is InChI=1S/C18H31N7O3/c1-18(2,3)25-13-15(20-23-25)10-14(7-9-26)19-11-16-12-24(22-21-16)8-5-4-6-17(27)28/h12-14,19,26H,4-11H2,1-3H3,(H,27,28). The Morgan fingerprint density at radius 3 is 2.57 bits per heavy atom. The van der Waals surface area contributed by atoms with Crippen LogP contribution in [0.4, 0.5) is 0 Å². The van der Waals surface area contributed by atoms with Gasteiger partial charge in [-0.25, -0.2) is 4.68 Å². The van der Waals surface area contributed by atoms with E-state index in [4.69, 9.17) is 5.11 Å². The Morgan fingerprint density at radius 1 is 1.18 bits per heavy atom. The number of carboxylic acids is 1. The van der Waals surface area contributed by atoms with Crippen LogP contribution in [0.2, 0.25) is 0 Å². The highest BCUT2D eigenvalue weighted by molar-refractivity contribution is 5.66. The van der Waals surface area contributed by atoms with Gasteiger partial charge in [0.05, 0.1) is 16.9 Å². The number of aryl methyl sites for hydroxylation is 1. The zero-order chi connectivity index (χ0) is 20.6.